The maximum absolute atomic E-state index is 13.2. The van der Waals surface area contributed by atoms with Gasteiger partial charge in [-0.25, -0.2) is 0 Å². The van der Waals surface area contributed by atoms with E-state index < -0.39 is 11.3 Å². The molecule has 28 heavy (non-hydrogen) atoms. The molecule has 0 aromatic carbocycles. The van der Waals surface area contributed by atoms with E-state index in [1.165, 1.54) is 0 Å². The third kappa shape index (κ3) is 4.06. The summed E-state index contributed by atoms with van der Waals surface area (Å²) >= 11 is 0. The lowest BCUT2D eigenvalue weighted by Gasteiger charge is -2.36. The van der Waals surface area contributed by atoms with Crippen LogP contribution in [-0.4, -0.2) is 45.5 Å². The fraction of sp³-hybridized carbons (Fsp3) is 0.800. The molecular formula is C20H33N5O3. The Hall–Kier alpha value is -1.96. The minimum Gasteiger partial charge on any atom is -0.368 e. The first-order valence-electron chi connectivity index (χ1n) is 10.4. The molecule has 3 atom stereocenters. The number of primary amides is 1. The van der Waals surface area contributed by atoms with E-state index in [0.717, 1.165) is 32.1 Å². The first kappa shape index (κ1) is 20.8. The fourth-order valence-corrected chi connectivity index (χ4v) is 4.79. The van der Waals surface area contributed by atoms with Crippen LogP contribution in [-0.2, 0) is 16.1 Å². The van der Waals surface area contributed by atoms with E-state index >= 15 is 0 Å². The van der Waals surface area contributed by atoms with E-state index in [9.17, 15) is 9.59 Å². The number of nitrogens with one attached hydrogen (secondary N) is 1. The summed E-state index contributed by atoms with van der Waals surface area (Å²) in [6.07, 6.45) is 4.65. The van der Waals surface area contributed by atoms with Gasteiger partial charge in [0, 0.05) is 18.0 Å². The first-order chi connectivity index (χ1) is 13.2. The normalized spacial score (nSPS) is 27.1. The molecule has 2 saturated heterocycles. The van der Waals surface area contributed by atoms with Crippen molar-refractivity contribution >= 4 is 11.8 Å². The van der Waals surface area contributed by atoms with E-state index in [1.807, 2.05) is 13.8 Å². The van der Waals surface area contributed by atoms with Crippen molar-refractivity contribution in [3.8, 4) is 0 Å². The van der Waals surface area contributed by atoms with E-state index in [0.29, 0.717) is 30.2 Å². The highest BCUT2D eigenvalue weighted by Crippen LogP contribution is 2.53. The Labute approximate surface area is 166 Å². The summed E-state index contributed by atoms with van der Waals surface area (Å²) in [6, 6.07) is 0.461. The van der Waals surface area contributed by atoms with Crippen molar-refractivity contribution in [3.05, 3.63) is 11.7 Å². The molecule has 2 fully saturated rings. The Balaban J connectivity index is 1.79. The molecule has 1 aromatic heterocycles. The third-order valence-corrected chi connectivity index (χ3v) is 6.23. The lowest BCUT2D eigenvalue weighted by atomic mass is 9.69. The van der Waals surface area contributed by atoms with Crippen LogP contribution in [0.1, 0.15) is 77.4 Å². The van der Waals surface area contributed by atoms with Gasteiger partial charge in [-0.2, -0.15) is 4.98 Å². The summed E-state index contributed by atoms with van der Waals surface area (Å²) in [5.41, 5.74) is 4.77. The lowest BCUT2D eigenvalue weighted by Crippen LogP contribution is -2.50. The molecule has 0 saturated carbocycles. The molecule has 8 nitrogen and oxygen atoms in total. The Morgan fingerprint density at radius 2 is 2.07 bits per heavy atom. The van der Waals surface area contributed by atoms with Gasteiger partial charge in [0.05, 0.1) is 18.5 Å². The summed E-state index contributed by atoms with van der Waals surface area (Å²) < 4.78 is 5.35. The van der Waals surface area contributed by atoms with Gasteiger partial charge >= 0.3 is 0 Å². The van der Waals surface area contributed by atoms with Gasteiger partial charge in [0.1, 0.15) is 0 Å². The third-order valence-electron chi connectivity index (χ3n) is 6.23. The molecule has 3 N–H and O–H groups in total. The number of carbonyl (C=O) groups is 2. The topological polar surface area (TPSA) is 114 Å². The molecule has 2 bridgehead atoms. The largest absolute Gasteiger partial charge is 0.368 e. The predicted octanol–water partition coefficient (Wildman–Crippen LogP) is 1.95. The maximum atomic E-state index is 13.2. The Kier molecular flexibility index (Phi) is 6.07. The zero-order valence-electron chi connectivity index (χ0n) is 17.4. The molecule has 3 heterocycles. The molecular weight excluding hydrogens is 358 g/mol. The van der Waals surface area contributed by atoms with Crippen molar-refractivity contribution in [1.82, 2.24) is 20.4 Å². The number of nitrogens with two attached hydrogens (primary N) is 1. The lowest BCUT2D eigenvalue weighted by molar-refractivity contribution is -0.135. The predicted molar refractivity (Wildman–Crippen MR) is 104 cm³/mol. The van der Waals surface area contributed by atoms with Crippen molar-refractivity contribution in [2.75, 3.05) is 6.54 Å². The molecule has 1 aromatic rings. The highest BCUT2D eigenvalue weighted by atomic mass is 16.5. The molecule has 2 aliphatic rings. The average molecular weight is 392 g/mol. The minimum absolute atomic E-state index is 0.0415. The molecule has 2 amide bonds. The van der Waals surface area contributed by atoms with Gasteiger partial charge in [-0.3, -0.25) is 14.5 Å². The van der Waals surface area contributed by atoms with Gasteiger partial charge < -0.3 is 15.6 Å². The van der Waals surface area contributed by atoms with Crippen LogP contribution in [0, 0.1) is 11.3 Å². The quantitative estimate of drug-likeness (QED) is 0.665. The van der Waals surface area contributed by atoms with Crippen LogP contribution in [0.5, 0.6) is 0 Å². The molecule has 3 rings (SSSR count). The van der Waals surface area contributed by atoms with Gasteiger partial charge in [0.25, 0.3) is 0 Å². The van der Waals surface area contributed by atoms with Gasteiger partial charge in [0.15, 0.2) is 5.82 Å². The van der Waals surface area contributed by atoms with Crippen LogP contribution in [0.3, 0.4) is 0 Å². The van der Waals surface area contributed by atoms with Crippen LogP contribution in [0.2, 0.25) is 0 Å². The molecule has 0 aliphatic carbocycles. The zero-order chi connectivity index (χ0) is 20.5. The Bertz CT molecular complexity index is 716. The monoisotopic (exact) mass is 391 g/mol. The van der Waals surface area contributed by atoms with Crippen molar-refractivity contribution in [1.29, 1.82) is 0 Å². The summed E-state index contributed by atoms with van der Waals surface area (Å²) in [5.74, 6) is 1.48. The van der Waals surface area contributed by atoms with Crippen LogP contribution in [0.15, 0.2) is 4.52 Å². The van der Waals surface area contributed by atoms with E-state index in [4.69, 9.17) is 10.3 Å². The fourth-order valence-electron chi connectivity index (χ4n) is 4.79. The van der Waals surface area contributed by atoms with E-state index in [1.54, 1.807) is 0 Å². The zero-order valence-corrected chi connectivity index (χ0v) is 17.4. The first-order valence-corrected chi connectivity index (χ1v) is 10.4. The van der Waals surface area contributed by atoms with Crippen molar-refractivity contribution < 1.29 is 14.1 Å². The number of carbonyl (C=O) groups excluding carboxylic acids is 2. The summed E-state index contributed by atoms with van der Waals surface area (Å²) in [6.45, 7) is 8.88. The molecule has 156 valence electrons. The smallest absolute Gasteiger partial charge is 0.236 e. The second-order valence-corrected chi connectivity index (χ2v) is 9.06. The van der Waals surface area contributed by atoms with Gasteiger partial charge in [-0.1, -0.05) is 32.9 Å². The summed E-state index contributed by atoms with van der Waals surface area (Å²) in [5, 5.41) is 6.92. The van der Waals surface area contributed by atoms with Crippen LogP contribution >= 0.6 is 0 Å². The summed E-state index contributed by atoms with van der Waals surface area (Å²) in [7, 11) is 0. The Morgan fingerprint density at radius 1 is 1.32 bits per heavy atom. The second-order valence-electron chi connectivity index (χ2n) is 9.06. The maximum Gasteiger partial charge on any atom is 0.236 e. The molecule has 8 heteroatoms. The number of hydrogen-bond donors (Lipinski definition) is 2. The van der Waals surface area contributed by atoms with E-state index in [2.05, 4.69) is 34.2 Å². The average Bonchev–Trinajstić information content (AvgIpc) is 3.32. The SMILES string of the molecule is CC(C)CC[C@]1(C(=O)NCC(N)=O)C[C@H]2CC[C@@H]1N2Cc1noc(C(C)C)n1. The van der Waals surface area contributed by atoms with Crippen LogP contribution in [0.4, 0.5) is 0 Å². The number of amides is 2. The van der Waals surface area contributed by atoms with Crippen LogP contribution < -0.4 is 11.1 Å². The number of rotatable bonds is 9. The van der Waals surface area contributed by atoms with Crippen molar-refractivity contribution in [2.45, 2.75) is 84.3 Å². The highest BCUT2D eigenvalue weighted by molar-refractivity contribution is 5.88. The van der Waals surface area contributed by atoms with Crippen molar-refractivity contribution in [2.24, 2.45) is 17.1 Å². The van der Waals surface area contributed by atoms with Gasteiger partial charge in [-0.05, 0) is 38.0 Å². The van der Waals surface area contributed by atoms with Gasteiger partial charge in [0.2, 0.25) is 17.7 Å². The molecule has 0 radical (unpaired) electrons. The second kappa shape index (κ2) is 8.19. The number of nitrogens with zero attached hydrogens (tertiary/aromatic N) is 3. The highest BCUT2D eigenvalue weighted by Gasteiger charge is 2.59. The summed E-state index contributed by atoms with van der Waals surface area (Å²) in [4.78, 5) is 31.2. The molecule has 0 unspecified atom stereocenters. The van der Waals surface area contributed by atoms with Gasteiger partial charge in [-0.15, -0.1) is 0 Å². The van der Waals surface area contributed by atoms with Crippen molar-refractivity contribution in [3.63, 3.8) is 0 Å². The standard InChI is InChI=1S/C20H33N5O3/c1-12(2)7-8-20(19(27)22-10-16(21)26)9-14-5-6-15(20)25(14)11-17-23-18(13(3)4)28-24-17/h12-15H,5-11H2,1-4H3,(H2,21,26)(H,22,27)/t14-,15+,20+/m1/s1. The van der Waals surface area contributed by atoms with E-state index in [-0.39, 0.29) is 24.4 Å². The molecule has 0 spiro atoms. The minimum atomic E-state index is -0.514. The number of aromatic nitrogens is 2. The molecule has 2 aliphatic heterocycles. The Morgan fingerprint density at radius 3 is 2.68 bits per heavy atom. The number of fused-ring (bicyclic) bond motifs is 2. The number of hydrogen-bond acceptors (Lipinski definition) is 6. The van der Waals surface area contributed by atoms with Crippen LogP contribution in [0.25, 0.3) is 0 Å².